The summed E-state index contributed by atoms with van der Waals surface area (Å²) in [5, 5.41) is 2.87. The second-order valence-electron chi connectivity index (χ2n) is 5.36. The maximum atomic E-state index is 12.0. The van der Waals surface area contributed by atoms with Crippen molar-refractivity contribution in [2.75, 3.05) is 25.5 Å². The van der Waals surface area contributed by atoms with Crippen molar-refractivity contribution in [2.45, 2.75) is 39.2 Å². The fraction of sp³-hybridized carbons (Fsp3) is 0.562. The number of nitrogens with two attached hydrogens (primary N) is 1. The monoisotopic (exact) mass is 277 g/mol. The minimum atomic E-state index is -0.428. The number of carbonyl (C=O) groups excluding carboxylic acids is 1. The van der Waals surface area contributed by atoms with Crippen LogP contribution in [0.5, 0.6) is 0 Å². The summed E-state index contributed by atoms with van der Waals surface area (Å²) in [7, 11) is 2.10. The zero-order chi connectivity index (χ0) is 15.0. The van der Waals surface area contributed by atoms with E-state index in [9.17, 15) is 4.79 Å². The Balaban J connectivity index is 2.29. The quantitative estimate of drug-likeness (QED) is 0.717. The van der Waals surface area contributed by atoms with Crippen molar-refractivity contribution in [3.05, 3.63) is 29.8 Å². The summed E-state index contributed by atoms with van der Waals surface area (Å²) in [6.45, 7) is 6.25. The molecule has 1 aromatic carbocycles. The lowest BCUT2D eigenvalue weighted by atomic mass is 10.1. The Hall–Kier alpha value is -1.39. The summed E-state index contributed by atoms with van der Waals surface area (Å²) >= 11 is 0. The largest absolute Gasteiger partial charge is 0.325 e. The topological polar surface area (TPSA) is 58.4 Å². The van der Waals surface area contributed by atoms with E-state index in [-0.39, 0.29) is 5.91 Å². The van der Waals surface area contributed by atoms with Crippen molar-refractivity contribution in [3.8, 4) is 0 Å². The first-order valence-corrected chi connectivity index (χ1v) is 7.34. The van der Waals surface area contributed by atoms with E-state index in [1.165, 1.54) is 0 Å². The Morgan fingerprint density at radius 2 is 2.15 bits per heavy atom. The van der Waals surface area contributed by atoms with Gasteiger partial charge >= 0.3 is 0 Å². The molecular weight excluding hydrogens is 250 g/mol. The summed E-state index contributed by atoms with van der Waals surface area (Å²) in [5.41, 5.74) is 7.87. The summed E-state index contributed by atoms with van der Waals surface area (Å²) in [4.78, 5) is 14.2. The van der Waals surface area contributed by atoms with Gasteiger partial charge in [0.1, 0.15) is 0 Å². The number of hydrogen-bond acceptors (Lipinski definition) is 3. The highest BCUT2D eigenvalue weighted by Crippen LogP contribution is 2.10. The van der Waals surface area contributed by atoms with E-state index < -0.39 is 6.04 Å². The van der Waals surface area contributed by atoms with Crippen LogP contribution in [0.1, 0.15) is 31.7 Å². The van der Waals surface area contributed by atoms with Crippen LogP contribution in [0, 0.1) is 6.92 Å². The molecule has 0 fully saturated rings. The predicted octanol–water partition coefficient (Wildman–Crippen LogP) is 2.38. The van der Waals surface area contributed by atoms with Crippen LogP contribution in [0.3, 0.4) is 0 Å². The van der Waals surface area contributed by atoms with Crippen molar-refractivity contribution in [2.24, 2.45) is 5.73 Å². The number of benzene rings is 1. The second kappa shape index (κ2) is 8.72. The highest BCUT2D eigenvalue weighted by Gasteiger charge is 2.13. The van der Waals surface area contributed by atoms with Crippen molar-refractivity contribution < 1.29 is 4.79 Å². The minimum absolute atomic E-state index is 0.0977. The molecule has 3 N–H and O–H groups in total. The van der Waals surface area contributed by atoms with Crippen LogP contribution in [0.25, 0.3) is 0 Å². The molecule has 0 aliphatic heterocycles. The molecule has 0 heterocycles. The van der Waals surface area contributed by atoms with Crippen molar-refractivity contribution in [1.82, 2.24) is 4.90 Å². The van der Waals surface area contributed by atoms with Gasteiger partial charge in [-0.2, -0.15) is 0 Å². The SMILES string of the molecule is CCN(C)CCCCC(N)C(=O)Nc1cccc(C)c1. The smallest absolute Gasteiger partial charge is 0.241 e. The van der Waals surface area contributed by atoms with Gasteiger partial charge in [0.05, 0.1) is 6.04 Å². The third-order valence-electron chi connectivity index (χ3n) is 3.47. The minimum Gasteiger partial charge on any atom is -0.325 e. The van der Waals surface area contributed by atoms with Gasteiger partial charge in [-0.15, -0.1) is 0 Å². The van der Waals surface area contributed by atoms with Crippen LogP contribution in [-0.4, -0.2) is 37.0 Å². The van der Waals surface area contributed by atoms with Gasteiger partial charge in [-0.25, -0.2) is 0 Å². The Bertz CT molecular complexity index is 420. The molecule has 0 aliphatic rings. The highest BCUT2D eigenvalue weighted by molar-refractivity contribution is 5.94. The molecule has 1 atom stereocenters. The van der Waals surface area contributed by atoms with Crippen LogP contribution in [0.15, 0.2) is 24.3 Å². The molecule has 0 aromatic heterocycles. The van der Waals surface area contributed by atoms with Gasteiger partial charge in [0, 0.05) is 5.69 Å². The Morgan fingerprint density at radius 1 is 1.40 bits per heavy atom. The van der Waals surface area contributed by atoms with E-state index in [2.05, 4.69) is 24.2 Å². The lowest BCUT2D eigenvalue weighted by Crippen LogP contribution is -2.35. The third kappa shape index (κ3) is 6.17. The molecule has 4 nitrogen and oxygen atoms in total. The number of amides is 1. The molecule has 1 aromatic rings. The Morgan fingerprint density at radius 3 is 2.80 bits per heavy atom. The van der Waals surface area contributed by atoms with Gasteiger partial charge in [0.2, 0.25) is 5.91 Å². The summed E-state index contributed by atoms with van der Waals surface area (Å²) < 4.78 is 0. The first-order chi connectivity index (χ1) is 9.52. The first kappa shape index (κ1) is 16.7. The van der Waals surface area contributed by atoms with Crippen LogP contribution in [-0.2, 0) is 4.79 Å². The summed E-state index contributed by atoms with van der Waals surface area (Å²) in [6.07, 6.45) is 2.79. The molecule has 0 radical (unpaired) electrons. The Labute approximate surface area is 122 Å². The Kier molecular flexibility index (Phi) is 7.26. The number of aryl methyl sites for hydroxylation is 1. The van der Waals surface area contributed by atoms with E-state index >= 15 is 0 Å². The molecule has 0 spiro atoms. The van der Waals surface area contributed by atoms with Gasteiger partial charge in [0.15, 0.2) is 0 Å². The molecule has 0 bridgehead atoms. The van der Waals surface area contributed by atoms with E-state index in [1.54, 1.807) is 0 Å². The highest BCUT2D eigenvalue weighted by atomic mass is 16.2. The zero-order valence-electron chi connectivity index (χ0n) is 12.9. The molecule has 0 saturated carbocycles. The lowest BCUT2D eigenvalue weighted by molar-refractivity contribution is -0.117. The summed E-state index contributed by atoms with van der Waals surface area (Å²) in [6, 6.07) is 7.33. The molecule has 112 valence electrons. The van der Waals surface area contributed by atoms with Gasteiger partial charge in [-0.1, -0.05) is 25.5 Å². The van der Waals surface area contributed by atoms with E-state index in [0.717, 1.165) is 43.6 Å². The number of carbonyl (C=O) groups is 1. The molecule has 1 unspecified atom stereocenters. The molecule has 20 heavy (non-hydrogen) atoms. The van der Waals surface area contributed by atoms with Gasteiger partial charge in [0.25, 0.3) is 0 Å². The zero-order valence-corrected chi connectivity index (χ0v) is 12.9. The lowest BCUT2D eigenvalue weighted by Gasteiger charge is -2.15. The predicted molar refractivity (Wildman–Crippen MR) is 84.8 cm³/mol. The molecule has 1 amide bonds. The third-order valence-corrected chi connectivity index (χ3v) is 3.47. The van der Waals surface area contributed by atoms with E-state index in [1.807, 2.05) is 31.2 Å². The average molecular weight is 277 g/mol. The van der Waals surface area contributed by atoms with Crippen molar-refractivity contribution in [3.63, 3.8) is 0 Å². The number of unbranched alkanes of at least 4 members (excludes halogenated alkanes) is 1. The van der Waals surface area contributed by atoms with Gasteiger partial charge in [-0.3, -0.25) is 4.79 Å². The summed E-state index contributed by atoms with van der Waals surface area (Å²) in [5.74, 6) is -0.0977. The van der Waals surface area contributed by atoms with Crippen LogP contribution < -0.4 is 11.1 Å². The maximum absolute atomic E-state index is 12.0. The molecule has 1 rings (SSSR count). The van der Waals surface area contributed by atoms with Crippen LogP contribution in [0.4, 0.5) is 5.69 Å². The maximum Gasteiger partial charge on any atom is 0.241 e. The number of nitrogens with one attached hydrogen (secondary N) is 1. The molecule has 0 saturated heterocycles. The number of nitrogens with zero attached hydrogens (tertiary/aromatic N) is 1. The van der Waals surface area contributed by atoms with Gasteiger partial charge < -0.3 is 16.0 Å². The second-order valence-corrected chi connectivity index (χ2v) is 5.36. The molecular formula is C16H27N3O. The van der Waals surface area contributed by atoms with Gasteiger partial charge in [-0.05, 0) is 57.6 Å². The van der Waals surface area contributed by atoms with Crippen molar-refractivity contribution >= 4 is 11.6 Å². The van der Waals surface area contributed by atoms with Crippen LogP contribution >= 0.6 is 0 Å². The van der Waals surface area contributed by atoms with Crippen molar-refractivity contribution in [1.29, 1.82) is 0 Å². The van der Waals surface area contributed by atoms with Crippen LogP contribution in [0.2, 0.25) is 0 Å². The molecule has 4 heteroatoms. The number of rotatable bonds is 8. The fourth-order valence-electron chi connectivity index (χ4n) is 1.99. The fourth-order valence-corrected chi connectivity index (χ4v) is 1.99. The van der Waals surface area contributed by atoms with E-state index in [0.29, 0.717) is 0 Å². The number of hydrogen-bond donors (Lipinski definition) is 2. The van der Waals surface area contributed by atoms with E-state index in [4.69, 9.17) is 5.73 Å². The normalized spacial score (nSPS) is 12.4. The standard InChI is InChI=1S/C16H27N3O/c1-4-19(3)11-6-5-10-15(17)16(20)18-14-9-7-8-13(2)12-14/h7-9,12,15H,4-6,10-11,17H2,1-3H3,(H,18,20). The number of anilines is 1. The average Bonchev–Trinajstić information content (AvgIpc) is 2.42. The molecule has 0 aliphatic carbocycles. The first-order valence-electron chi connectivity index (χ1n) is 7.34.